The number of nitrogens with one attached hydrogen (secondary N) is 1. The first kappa shape index (κ1) is 16.4. The molecule has 0 unspecified atom stereocenters. The number of likely N-dealkylation sites (N-methyl/N-ethyl adjacent to an activating group) is 1. The quantitative estimate of drug-likeness (QED) is 0.718. The second-order valence-electron chi connectivity index (χ2n) is 5.59. The molecular formula is C17H19N5OS. The number of rotatable bonds is 6. The fourth-order valence-electron chi connectivity index (χ4n) is 2.42. The van der Waals surface area contributed by atoms with Crippen molar-refractivity contribution in [3.63, 3.8) is 0 Å². The highest BCUT2D eigenvalue weighted by molar-refractivity contribution is 7.13. The highest BCUT2D eigenvalue weighted by Gasteiger charge is 2.20. The van der Waals surface area contributed by atoms with Crippen LogP contribution in [0.2, 0.25) is 0 Å². The van der Waals surface area contributed by atoms with Crippen molar-refractivity contribution in [2.24, 2.45) is 5.73 Å². The summed E-state index contributed by atoms with van der Waals surface area (Å²) in [4.78, 5) is 25.5. The van der Waals surface area contributed by atoms with Gasteiger partial charge in [-0.25, -0.2) is 9.97 Å². The number of aromatic amines is 1. The number of benzene rings is 1. The van der Waals surface area contributed by atoms with Crippen molar-refractivity contribution in [2.75, 3.05) is 7.05 Å². The number of H-pyrrole nitrogens is 1. The molecule has 0 aliphatic carbocycles. The van der Waals surface area contributed by atoms with E-state index in [1.54, 1.807) is 35.8 Å². The molecule has 0 saturated heterocycles. The lowest BCUT2D eigenvalue weighted by molar-refractivity contribution is -0.131. The maximum absolute atomic E-state index is 12.4. The zero-order valence-corrected chi connectivity index (χ0v) is 14.2. The van der Waals surface area contributed by atoms with E-state index in [2.05, 4.69) is 15.0 Å². The molecule has 3 N–H and O–H groups in total. The minimum Gasteiger partial charge on any atom is -0.348 e. The molecule has 0 aliphatic rings. The molecule has 2 heterocycles. The Labute approximate surface area is 144 Å². The Kier molecular flexibility index (Phi) is 5.02. The van der Waals surface area contributed by atoms with E-state index < -0.39 is 6.04 Å². The molecule has 2 aromatic heterocycles. The highest BCUT2D eigenvalue weighted by Crippen LogP contribution is 2.23. The van der Waals surface area contributed by atoms with E-state index in [4.69, 9.17) is 5.73 Å². The second kappa shape index (κ2) is 7.37. The predicted molar refractivity (Wildman–Crippen MR) is 94.3 cm³/mol. The smallest absolute Gasteiger partial charge is 0.239 e. The van der Waals surface area contributed by atoms with Crippen LogP contribution in [0.1, 0.15) is 11.4 Å². The van der Waals surface area contributed by atoms with E-state index in [-0.39, 0.29) is 5.91 Å². The summed E-state index contributed by atoms with van der Waals surface area (Å²) in [6, 6.07) is 9.41. The molecular weight excluding hydrogens is 322 g/mol. The molecule has 124 valence electrons. The molecule has 1 aromatic carbocycles. The molecule has 0 radical (unpaired) electrons. The number of nitrogens with zero attached hydrogens (tertiary/aromatic N) is 3. The number of carbonyl (C=O) groups is 1. The number of aromatic nitrogens is 3. The molecule has 0 spiro atoms. The Hall–Kier alpha value is -2.51. The number of hydrogen-bond donors (Lipinski definition) is 2. The number of hydrogen-bond acceptors (Lipinski definition) is 5. The Bertz CT molecular complexity index is 784. The Balaban J connectivity index is 1.61. The van der Waals surface area contributed by atoms with Crippen molar-refractivity contribution < 1.29 is 4.79 Å². The Morgan fingerprint density at radius 2 is 2.17 bits per heavy atom. The SMILES string of the molecule is CN(Cc1csc(-c2ccccc2)n1)C(=O)[C@@H](N)Cc1cnc[nH]1. The first-order valence-corrected chi connectivity index (χ1v) is 8.49. The third-order valence-electron chi connectivity index (χ3n) is 3.66. The third kappa shape index (κ3) is 3.87. The normalized spacial score (nSPS) is 12.1. The molecule has 3 rings (SSSR count). The molecule has 24 heavy (non-hydrogen) atoms. The topological polar surface area (TPSA) is 87.9 Å². The fourth-order valence-corrected chi connectivity index (χ4v) is 3.23. The van der Waals surface area contributed by atoms with Gasteiger partial charge in [-0.1, -0.05) is 30.3 Å². The van der Waals surface area contributed by atoms with Crippen LogP contribution in [0, 0.1) is 0 Å². The van der Waals surface area contributed by atoms with Gasteiger partial charge in [-0.15, -0.1) is 11.3 Å². The molecule has 0 saturated carbocycles. The second-order valence-corrected chi connectivity index (χ2v) is 6.45. The lowest BCUT2D eigenvalue weighted by atomic mass is 10.1. The van der Waals surface area contributed by atoms with Crippen LogP contribution in [0.4, 0.5) is 0 Å². The number of amides is 1. The first-order chi connectivity index (χ1) is 11.6. The molecule has 1 atom stereocenters. The van der Waals surface area contributed by atoms with Crippen LogP contribution < -0.4 is 5.73 Å². The zero-order valence-electron chi connectivity index (χ0n) is 13.3. The minimum absolute atomic E-state index is 0.112. The van der Waals surface area contributed by atoms with Gasteiger partial charge in [0.05, 0.1) is 24.6 Å². The van der Waals surface area contributed by atoms with Gasteiger partial charge in [0.15, 0.2) is 0 Å². The molecule has 0 bridgehead atoms. The van der Waals surface area contributed by atoms with Crippen molar-refractivity contribution in [2.45, 2.75) is 19.0 Å². The molecule has 0 aliphatic heterocycles. The van der Waals surface area contributed by atoms with Crippen molar-refractivity contribution in [1.29, 1.82) is 0 Å². The van der Waals surface area contributed by atoms with E-state index in [0.717, 1.165) is 22.0 Å². The van der Waals surface area contributed by atoms with Gasteiger partial charge >= 0.3 is 0 Å². The predicted octanol–water partition coefficient (Wildman–Crippen LogP) is 2.06. The fraction of sp³-hybridized carbons (Fsp3) is 0.235. The zero-order chi connectivity index (χ0) is 16.9. The Morgan fingerprint density at radius 3 is 2.88 bits per heavy atom. The summed E-state index contributed by atoms with van der Waals surface area (Å²) in [6.45, 7) is 0.443. The van der Waals surface area contributed by atoms with Gasteiger partial charge < -0.3 is 15.6 Å². The summed E-state index contributed by atoms with van der Waals surface area (Å²) in [5.41, 5.74) is 8.80. The van der Waals surface area contributed by atoms with E-state index in [1.165, 1.54) is 0 Å². The average Bonchev–Trinajstić information content (AvgIpc) is 3.27. The van der Waals surface area contributed by atoms with Crippen molar-refractivity contribution in [3.05, 3.63) is 59.6 Å². The summed E-state index contributed by atoms with van der Waals surface area (Å²) in [5.74, 6) is -0.112. The van der Waals surface area contributed by atoms with Crippen molar-refractivity contribution >= 4 is 17.2 Å². The monoisotopic (exact) mass is 341 g/mol. The first-order valence-electron chi connectivity index (χ1n) is 7.61. The van der Waals surface area contributed by atoms with Crippen LogP contribution in [0.15, 0.2) is 48.2 Å². The highest BCUT2D eigenvalue weighted by atomic mass is 32.1. The van der Waals surface area contributed by atoms with E-state index in [1.807, 2.05) is 35.7 Å². The molecule has 3 aromatic rings. The van der Waals surface area contributed by atoms with Crippen LogP contribution in [0.5, 0.6) is 0 Å². The van der Waals surface area contributed by atoms with Crippen LogP contribution in [0.3, 0.4) is 0 Å². The molecule has 0 fully saturated rings. The van der Waals surface area contributed by atoms with Crippen LogP contribution in [-0.4, -0.2) is 38.8 Å². The van der Waals surface area contributed by atoms with Gasteiger partial charge in [0.25, 0.3) is 0 Å². The van der Waals surface area contributed by atoms with Crippen LogP contribution >= 0.6 is 11.3 Å². The van der Waals surface area contributed by atoms with Gasteiger partial charge in [0.1, 0.15) is 5.01 Å². The maximum Gasteiger partial charge on any atom is 0.239 e. The standard InChI is InChI=1S/C17H19N5OS/c1-22(17(23)15(18)7-13-8-19-11-20-13)9-14-10-24-16(21-14)12-5-3-2-4-6-12/h2-6,8,10-11,15H,7,9,18H2,1H3,(H,19,20)/t15-/m0/s1. The van der Waals surface area contributed by atoms with E-state index >= 15 is 0 Å². The summed E-state index contributed by atoms with van der Waals surface area (Å²) >= 11 is 1.57. The number of carbonyl (C=O) groups excluding carboxylic acids is 1. The van der Waals surface area contributed by atoms with Gasteiger partial charge in [-0.05, 0) is 0 Å². The molecule has 6 nitrogen and oxygen atoms in total. The number of nitrogens with two attached hydrogens (primary N) is 1. The van der Waals surface area contributed by atoms with Gasteiger partial charge in [0.2, 0.25) is 5.91 Å². The van der Waals surface area contributed by atoms with E-state index in [0.29, 0.717) is 13.0 Å². The van der Waals surface area contributed by atoms with Crippen molar-refractivity contribution in [1.82, 2.24) is 19.9 Å². The largest absolute Gasteiger partial charge is 0.348 e. The average molecular weight is 341 g/mol. The maximum atomic E-state index is 12.4. The van der Waals surface area contributed by atoms with Crippen LogP contribution in [-0.2, 0) is 17.8 Å². The van der Waals surface area contributed by atoms with E-state index in [9.17, 15) is 4.79 Å². The van der Waals surface area contributed by atoms with Crippen LogP contribution in [0.25, 0.3) is 10.6 Å². The lowest BCUT2D eigenvalue weighted by Gasteiger charge is -2.20. The molecule has 7 heteroatoms. The van der Waals surface area contributed by atoms with Gasteiger partial charge in [-0.3, -0.25) is 4.79 Å². The summed E-state index contributed by atoms with van der Waals surface area (Å²) < 4.78 is 0. The third-order valence-corrected chi connectivity index (χ3v) is 4.60. The number of imidazole rings is 1. The van der Waals surface area contributed by atoms with Crippen molar-refractivity contribution in [3.8, 4) is 10.6 Å². The Morgan fingerprint density at radius 1 is 1.38 bits per heavy atom. The van der Waals surface area contributed by atoms with Gasteiger partial charge in [-0.2, -0.15) is 0 Å². The van der Waals surface area contributed by atoms with Gasteiger partial charge in [0, 0.05) is 36.3 Å². The molecule has 1 amide bonds. The summed E-state index contributed by atoms with van der Waals surface area (Å²) in [6.07, 6.45) is 3.70. The summed E-state index contributed by atoms with van der Waals surface area (Å²) in [5, 5.41) is 2.93. The number of thiazole rings is 1. The lowest BCUT2D eigenvalue weighted by Crippen LogP contribution is -2.42. The minimum atomic E-state index is -0.595. The summed E-state index contributed by atoms with van der Waals surface area (Å²) in [7, 11) is 1.75.